The second-order valence-electron chi connectivity index (χ2n) is 5.02. The number of hydrogen-bond donors (Lipinski definition) is 1. The predicted molar refractivity (Wildman–Crippen MR) is 94.9 cm³/mol. The third kappa shape index (κ3) is 4.93. The van der Waals surface area contributed by atoms with Gasteiger partial charge in [0.1, 0.15) is 5.75 Å². The monoisotopic (exact) mass is 365 g/mol. The summed E-state index contributed by atoms with van der Waals surface area (Å²) in [6.45, 7) is 0.150. The van der Waals surface area contributed by atoms with Crippen LogP contribution < -0.4 is 24.3 Å². The Labute approximate surface area is 151 Å². The van der Waals surface area contributed by atoms with Crippen LogP contribution in [-0.2, 0) is 11.3 Å². The van der Waals surface area contributed by atoms with Crippen LogP contribution in [0, 0.1) is 0 Å². The van der Waals surface area contributed by atoms with Crippen LogP contribution in [0.2, 0.25) is 5.02 Å². The highest BCUT2D eigenvalue weighted by molar-refractivity contribution is 6.30. The summed E-state index contributed by atoms with van der Waals surface area (Å²) in [5.41, 5.74) is 0.760. The van der Waals surface area contributed by atoms with Crippen molar-refractivity contribution in [3.63, 3.8) is 0 Å². The predicted octanol–water partition coefficient (Wildman–Crippen LogP) is 3.06. The summed E-state index contributed by atoms with van der Waals surface area (Å²) in [4.78, 5) is 12.0. The number of ether oxygens (including phenoxy) is 4. The highest BCUT2D eigenvalue weighted by atomic mass is 35.5. The third-order valence-corrected chi connectivity index (χ3v) is 3.66. The summed E-state index contributed by atoms with van der Waals surface area (Å²) >= 11 is 5.87. The standard InChI is InChI=1S/C18H20ClNO5/c1-22-15-8-7-12(17(23-2)18(15)24-3)10-20-16(21)11-25-14-6-4-5-13(19)9-14/h4-9H,10-11H2,1-3H3,(H,20,21). The van der Waals surface area contributed by atoms with Gasteiger partial charge in [0.15, 0.2) is 18.1 Å². The molecule has 2 aromatic rings. The van der Waals surface area contributed by atoms with Crippen molar-refractivity contribution >= 4 is 17.5 Å². The maximum atomic E-state index is 12.0. The minimum Gasteiger partial charge on any atom is -0.493 e. The number of amides is 1. The van der Waals surface area contributed by atoms with Crippen LogP contribution >= 0.6 is 11.6 Å². The fraction of sp³-hybridized carbons (Fsp3) is 0.278. The number of carbonyl (C=O) groups excluding carboxylic acids is 1. The van der Waals surface area contributed by atoms with E-state index in [1.807, 2.05) is 0 Å². The zero-order valence-electron chi connectivity index (χ0n) is 14.3. The highest BCUT2D eigenvalue weighted by Crippen LogP contribution is 2.39. The number of hydrogen-bond acceptors (Lipinski definition) is 5. The first-order valence-corrected chi connectivity index (χ1v) is 7.89. The Balaban J connectivity index is 1.97. The molecule has 134 valence electrons. The molecule has 25 heavy (non-hydrogen) atoms. The molecule has 0 unspecified atom stereocenters. The van der Waals surface area contributed by atoms with Crippen LogP contribution in [-0.4, -0.2) is 33.8 Å². The molecule has 0 radical (unpaired) electrons. The summed E-state index contributed by atoms with van der Waals surface area (Å²) in [6.07, 6.45) is 0. The normalized spacial score (nSPS) is 10.1. The van der Waals surface area contributed by atoms with E-state index in [0.29, 0.717) is 28.0 Å². The van der Waals surface area contributed by atoms with Gasteiger partial charge < -0.3 is 24.3 Å². The Bertz CT molecular complexity index is 735. The molecular weight excluding hydrogens is 346 g/mol. The Morgan fingerprint density at radius 1 is 1.04 bits per heavy atom. The second-order valence-corrected chi connectivity index (χ2v) is 5.45. The van der Waals surface area contributed by atoms with Crippen LogP contribution in [0.5, 0.6) is 23.0 Å². The molecule has 1 amide bonds. The van der Waals surface area contributed by atoms with Crippen molar-refractivity contribution < 1.29 is 23.7 Å². The van der Waals surface area contributed by atoms with E-state index in [9.17, 15) is 4.79 Å². The van der Waals surface area contributed by atoms with Crippen molar-refractivity contribution in [3.05, 3.63) is 47.0 Å². The lowest BCUT2D eigenvalue weighted by Gasteiger charge is -2.16. The van der Waals surface area contributed by atoms with Gasteiger partial charge in [0.05, 0.1) is 21.3 Å². The summed E-state index contributed by atoms with van der Waals surface area (Å²) in [6, 6.07) is 10.4. The smallest absolute Gasteiger partial charge is 0.258 e. The number of rotatable bonds is 8. The molecule has 0 aromatic heterocycles. The maximum absolute atomic E-state index is 12.0. The molecule has 0 heterocycles. The topological polar surface area (TPSA) is 66.0 Å². The molecule has 0 saturated carbocycles. The lowest BCUT2D eigenvalue weighted by Crippen LogP contribution is -2.28. The number of nitrogens with one attached hydrogen (secondary N) is 1. The fourth-order valence-electron chi connectivity index (χ4n) is 2.25. The zero-order chi connectivity index (χ0) is 18.2. The van der Waals surface area contributed by atoms with Crippen LogP contribution in [0.1, 0.15) is 5.56 Å². The first-order valence-electron chi connectivity index (χ1n) is 7.52. The van der Waals surface area contributed by atoms with Gasteiger partial charge in [-0.2, -0.15) is 0 Å². The molecule has 0 aliphatic rings. The Kier molecular flexibility index (Phi) is 6.77. The minimum atomic E-state index is -0.267. The second kappa shape index (κ2) is 9.03. The SMILES string of the molecule is COc1ccc(CNC(=O)COc2cccc(Cl)c2)c(OC)c1OC. The van der Waals surface area contributed by atoms with E-state index in [1.165, 1.54) is 14.2 Å². The van der Waals surface area contributed by atoms with E-state index in [4.69, 9.17) is 30.5 Å². The van der Waals surface area contributed by atoms with Gasteiger partial charge in [0, 0.05) is 17.1 Å². The molecule has 0 aliphatic heterocycles. The molecular formula is C18H20ClNO5. The maximum Gasteiger partial charge on any atom is 0.258 e. The van der Waals surface area contributed by atoms with Gasteiger partial charge in [-0.1, -0.05) is 17.7 Å². The fourth-order valence-corrected chi connectivity index (χ4v) is 2.43. The molecule has 0 saturated heterocycles. The summed E-state index contributed by atoms with van der Waals surface area (Å²) < 4.78 is 21.3. The molecule has 2 rings (SSSR count). The molecule has 0 bridgehead atoms. The number of benzene rings is 2. The van der Waals surface area contributed by atoms with Crippen molar-refractivity contribution in [2.24, 2.45) is 0 Å². The van der Waals surface area contributed by atoms with Crippen LogP contribution in [0.15, 0.2) is 36.4 Å². The molecule has 2 aromatic carbocycles. The Hall–Kier alpha value is -2.60. The Morgan fingerprint density at radius 2 is 1.80 bits per heavy atom. The van der Waals surface area contributed by atoms with Gasteiger partial charge in [-0.15, -0.1) is 0 Å². The molecule has 0 fully saturated rings. The van der Waals surface area contributed by atoms with Crippen molar-refractivity contribution in [2.75, 3.05) is 27.9 Å². The molecule has 0 spiro atoms. The van der Waals surface area contributed by atoms with Gasteiger partial charge in [0.25, 0.3) is 5.91 Å². The average molecular weight is 366 g/mol. The van der Waals surface area contributed by atoms with Crippen LogP contribution in [0.25, 0.3) is 0 Å². The molecule has 7 heteroatoms. The quantitative estimate of drug-likeness (QED) is 0.778. The Morgan fingerprint density at radius 3 is 2.44 bits per heavy atom. The third-order valence-electron chi connectivity index (χ3n) is 3.43. The zero-order valence-corrected chi connectivity index (χ0v) is 15.1. The van der Waals surface area contributed by atoms with Crippen molar-refractivity contribution in [2.45, 2.75) is 6.54 Å². The van der Waals surface area contributed by atoms with E-state index in [0.717, 1.165) is 5.56 Å². The largest absolute Gasteiger partial charge is 0.493 e. The van der Waals surface area contributed by atoms with Crippen molar-refractivity contribution in [3.8, 4) is 23.0 Å². The number of halogens is 1. The minimum absolute atomic E-state index is 0.115. The molecule has 0 atom stereocenters. The van der Waals surface area contributed by atoms with Crippen LogP contribution in [0.3, 0.4) is 0 Å². The lowest BCUT2D eigenvalue weighted by molar-refractivity contribution is -0.123. The summed E-state index contributed by atoms with van der Waals surface area (Å²) in [7, 11) is 4.61. The van der Waals surface area contributed by atoms with Crippen molar-refractivity contribution in [1.82, 2.24) is 5.32 Å². The molecule has 0 aliphatic carbocycles. The summed E-state index contributed by atoms with van der Waals surface area (Å²) in [5.74, 6) is 1.81. The van der Waals surface area contributed by atoms with E-state index in [-0.39, 0.29) is 19.1 Å². The molecule has 1 N–H and O–H groups in total. The van der Waals surface area contributed by atoms with E-state index >= 15 is 0 Å². The van der Waals surface area contributed by atoms with Gasteiger partial charge in [0.2, 0.25) is 5.75 Å². The van der Waals surface area contributed by atoms with Crippen LogP contribution in [0.4, 0.5) is 0 Å². The van der Waals surface area contributed by atoms with E-state index < -0.39 is 0 Å². The first-order chi connectivity index (χ1) is 12.1. The van der Waals surface area contributed by atoms with Gasteiger partial charge >= 0.3 is 0 Å². The molecule has 6 nitrogen and oxygen atoms in total. The number of methoxy groups -OCH3 is 3. The van der Waals surface area contributed by atoms with Gasteiger partial charge in [-0.3, -0.25) is 4.79 Å². The van der Waals surface area contributed by atoms with E-state index in [1.54, 1.807) is 43.5 Å². The van der Waals surface area contributed by atoms with E-state index in [2.05, 4.69) is 5.32 Å². The first kappa shape index (κ1) is 18.7. The number of carbonyl (C=O) groups is 1. The lowest BCUT2D eigenvalue weighted by atomic mass is 10.1. The summed E-state index contributed by atoms with van der Waals surface area (Å²) in [5, 5.41) is 3.32. The average Bonchev–Trinajstić information content (AvgIpc) is 2.63. The van der Waals surface area contributed by atoms with Crippen molar-refractivity contribution in [1.29, 1.82) is 0 Å². The van der Waals surface area contributed by atoms with Gasteiger partial charge in [-0.25, -0.2) is 0 Å². The van der Waals surface area contributed by atoms with Gasteiger partial charge in [-0.05, 0) is 30.3 Å². The highest BCUT2D eigenvalue weighted by Gasteiger charge is 2.16.